The Hall–Kier alpha value is -1.48. The van der Waals surface area contributed by atoms with Crippen LogP contribution in [0.15, 0.2) is 47.1 Å². The summed E-state index contributed by atoms with van der Waals surface area (Å²) in [6.45, 7) is 5.85. The highest BCUT2D eigenvalue weighted by Gasteiger charge is 2.22. The van der Waals surface area contributed by atoms with Gasteiger partial charge in [-0.25, -0.2) is 0 Å². The number of Topliss-reactive ketones (excluding diaryl/α,β-unsaturated/α-hetero) is 1. The Morgan fingerprint density at radius 3 is 2.89 bits per heavy atom. The quantitative estimate of drug-likeness (QED) is 0.611. The summed E-state index contributed by atoms with van der Waals surface area (Å²) in [6.07, 6.45) is 5.12. The van der Waals surface area contributed by atoms with Crippen molar-refractivity contribution in [3.63, 3.8) is 0 Å². The van der Waals surface area contributed by atoms with Gasteiger partial charge >= 0.3 is 0 Å². The SMILES string of the molecule is C=CC1=C(N=CCBr)C(=O)c2ccc(C)cc2CC1. The van der Waals surface area contributed by atoms with Gasteiger partial charge in [0.15, 0.2) is 0 Å². The molecule has 0 unspecified atom stereocenters. The number of carbonyl (C=O) groups excluding carboxylic acids is 1. The highest BCUT2D eigenvalue weighted by Crippen LogP contribution is 2.27. The molecule has 0 aliphatic heterocycles. The van der Waals surface area contributed by atoms with Crippen LogP contribution in [-0.4, -0.2) is 17.3 Å². The van der Waals surface area contributed by atoms with Crippen LogP contribution in [0.2, 0.25) is 0 Å². The number of hydrogen-bond acceptors (Lipinski definition) is 2. The molecule has 2 nitrogen and oxygen atoms in total. The minimum absolute atomic E-state index is 0.000370. The minimum Gasteiger partial charge on any atom is -0.287 e. The largest absolute Gasteiger partial charge is 0.287 e. The number of hydrogen-bond donors (Lipinski definition) is 0. The monoisotopic (exact) mass is 317 g/mol. The van der Waals surface area contributed by atoms with E-state index in [1.165, 1.54) is 5.56 Å². The maximum Gasteiger partial charge on any atom is 0.211 e. The Balaban J connectivity index is 2.53. The van der Waals surface area contributed by atoms with Crippen molar-refractivity contribution in [3.05, 3.63) is 58.8 Å². The molecule has 0 saturated heterocycles. The summed E-state index contributed by atoms with van der Waals surface area (Å²) in [5.74, 6) is -0.000370. The first kappa shape index (κ1) is 13.9. The van der Waals surface area contributed by atoms with Gasteiger partial charge in [0, 0.05) is 17.1 Å². The number of alkyl halides is 1. The molecule has 1 aromatic carbocycles. The van der Waals surface area contributed by atoms with Crippen LogP contribution in [0.3, 0.4) is 0 Å². The van der Waals surface area contributed by atoms with E-state index in [1.54, 1.807) is 12.3 Å². The van der Waals surface area contributed by atoms with Gasteiger partial charge in [-0.05, 0) is 30.9 Å². The molecule has 0 N–H and O–H groups in total. The summed E-state index contributed by atoms with van der Waals surface area (Å²) in [5, 5.41) is 0.634. The number of fused-ring (bicyclic) bond motifs is 1. The molecule has 0 amide bonds. The Labute approximate surface area is 122 Å². The summed E-state index contributed by atoms with van der Waals surface area (Å²) in [4.78, 5) is 16.9. The third-order valence-corrected chi connectivity index (χ3v) is 3.51. The molecule has 0 aromatic heterocycles. The Morgan fingerprint density at radius 1 is 1.42 bits per heavy atom. The Bertz CT molecular complexity index is 584. The van der Waals surface area contributed by atoms with E-state index in [4.69, 9.17) is 0 Å². The van der Waals surface area contributed by atoms with Gasteiger partial charge in [0.1, 0.15) is 5.70 Å². The summed E-state index contributed by atoms with van der Waals surface area (Å²) < 4.78 is 0. The van der Waals surface area contributed by atoms with Crippen LogP contribution in [0.25, 0.3) is 0 Å². The average Bonchev–Trinajstić information content (AvgIpc) is 2.53. The highest BCUT2D eigenvalue weighted by atomic mass is 79.9. The summed E-state index contributed by atoms with van der Waals surface area (Å²) >= 11 is 3.29. The van der Waals surface area contributed by atoms with E-state index < -0.39 is 0 Å². The van der Waals surface area contributed by atoms with E-state index in [0.717, 1.165) is 29.5 Å². The van der Waals surface area contributed by atoms with E-state index in [0.29, 0.717) is 11.0 Å². The maximum atomic E-state index is 12.6. The second kappa shape index (κ2) is 6.11. The lowest BCUT2D eigenvalue weighted by molar-refractivity contribution is 0.103. The van der Waals surface area contributed by atoms with E-state index in [-0.39, 0.29) is 5.78 Å². The number of benzene rings is 1. The molecule has 19 heavy (non-hydrogen) atoms. The van der Waals surface area contributed by atoms with E-state index in [2.05, 4.69) is 33.6 Å². The van der Waals surface area contributed by atoms with E-state index in [9.17, 15) is 4.79 Å². The van der Waals surface area contributed by atoms with Crippen molar-refractivity contribution in [3.8, 4) is 0 Å². The number of aryl methyl sites for hydroxylation is 2. The van der Waals surface area contributed by atoms with E-state index >= 15 is 0 Å². The zero-order valence-electron chi connectivity index (χ0n) is 10.9. The number of allylic oxidation sites excluding steroid dienone is 3. The standard InChI is InChI=1S/C16H16BrNO/c1-3-12-5-6-13-10-11(2)4-7-14(13)16(19)15(12)18-9-8-17/h3-4,7,9-10H,1,5-6,8H2,2H3. The van der Waals surface area contributed by atoms with Crippen LogP contribution < -0.4 is 0 Å². The fraction of sp³-hybridized carbons (Fsp3) is 0.250. The molecule has 1 aliphatic carbocycles. The van der Waals surface area contributed by atoms with Crippen LogP contribution in [0.4, 0.5) is 0 Å². The minimum atomic E-state index is -0.000370. The van der Waals surface area contributed by atoms with Gasteiger partial charge in [0.05, 0.1) is 0 Å². The van der Waals surface area contributed by atoms with Gasteiger partial charge in [0.25, 0.3) is 0 Å². The number of aliphatic imine (C=N–C) groups is 1. The summed E-state index contributed by atoms with van der Waals surface area (Å²) in [6, 6.07) is 5.97. The van der Waals surface area contributed by atoms with Gasteiger partial charge in [-0.15, -0.1) is 0 Å². The van der Waals surface area contributed by atoms with Gasteiger partial charge < -0.3 is 0 Å². The van der Waals surface area contributed by atoms with Crippen molar-refractivity contribution in [2.75, 3.05) is 5.33 Å². The third-order valence-electron chi connectivity index (χ3n) is 3.22. The lowest BCUT2D eigenvalue weighted by atomic mass is 9.99. The van der Waals surface area contributed by atoms with Gasteiger partial charge in [-0.3, -0.25) is 9.79 Å². The second-order valence-corrected chi connectivity index (χ2v) is 5.18. The molecule has 0 bridgehead atoms. The van der Waals surface area contributed by atoms with Gasteiger partial charge in [-0.1, -0.05) is 52.3 Å². The number of halogens is 1. The third kappa shape index (κ3) is 2.92. The Morgan fingerprint density at radius 2 is 2.21 bits per heavy atom. The molecule has 0 heterocycles. The molecule has 0 radical (unpaired) electrons. The zero-order chi connectivity index (χ0) is 13.8. The fourth-order valence-electron chi connectivity index (χ4n) is 2.28. The predicted octanol–water partition coefficient (Wildman–Crippen LogP) is 4.03. The van der Waals surface area contributed by atoms with Crippen molar-refractivity contribution >= 4 is 27.9 Å². The molecular weight excluding hydrogens is 302 g/mol. The highest BCUT2D eigenvalue weighted by molar-refractivity contribution is 9.09. The first-order valence-corrected chi connectivity index (χ1v) is 7.37. The lowest BCUT2D eigenvalue weighted by Gasteiger charge is -2.06. The number of carbonyl (C=O) groups is 1. The molecule has 0 atom stereocenters. The molecule has 0 saturated carbocycles. The molecule has 2 rings (SSSR count). The number of nitrogens with zero attached hydrogens (tertiary/aromatic N) is 1. The molecule has 3 heteroatoms. The molecule has 1 aliphatic rings. The second-order valence-electron chi connectivity index (χ2n) is 4.53. The van der Waals surface area contributed by atoms with Crippen LogP contribution in [0.1, 0.15) is 27.9 Å². The molecule has 1 aromatic rings. The number of ketones is 1. The molecule has 98 valence electrons. The first-order chi connectivity index (χ1) is 9.17. The number of rotatable bonds is 3. The molecular formula is C16H16BrNO. The fourth-order valence-corrected chi connectivity index (χ4v) is 2.42. The van der Waals surface area contributed by atoms with Gasteiger partial charge in [0.2, 0.25) is 5.78 Å². The van der Waals surface area contributed by atoms with Crippen LogP contribution in [-0.2, 0) is 6.42 Å². The predicted molar refractivity (Wildman–Crippen MR) is 83.3 cm³/mol. The van der Waals surface area contributed by atoms with Crippen LogP contribution in [0, 0.1) is 6.92 Å². The Kier molecular flexibility index (Phi) is 4.48. The van der Waals surface area contributed by atoms with Crippen LogP contribution in [0.5, 0.6) is 0 Å². The molecule has 0 spiro atoms. The molecule has 0 fully saturated rings. The van der Waals surface area contributed by atoms with Crippen molar-refractivity contribution in [2.45, 2.75) is 19.8 Å². The van der Waals surface area contributed by atoms with Crippen LogP contribution >= 0.6 is 15.9 Å². The van der Waals surface area contributed by atoms with Crippen molar-refractivity contribution < 1.29 is 4.79 Å². The summed E-state index contributed by atoms with van der Waals surface area (Å²) in [7, 11) is 0. The zero-order valence-corrected chi connectivity index (χ0v) is 12.5. The average molecular weight is 318 g/mol. The lowest BCUT2D eigenvalue weighted by Crippen LogP contribution is -2.05. The van der Waals surface area contributed by atoms with E-state index in [1.807, 2.05) is 19.1 Å². The maximum absolute atomic E-state index is 12.6. The summed E-state index contributed by atoms with van der Waals surface area (Å²) in [5.41, 5.74) is 4.50. The smallest absolute Gasteiger partial charge is 0.211 e. The van der Waals surface area contributed by atoms with Gasteiger partial charge in [-0.2, -0.15) is 0 Å². The topological polar surface area (TPSA) is 29.4 Å². The van der Waals surface area contributed by atoms with Crippen molar-refractivity contribution in [1.29, 1.82) is 0 Å². The van der Waals surface area contributed by atoms with Crippen molar-refractivity contribution in [2.24, 2.45) is 4.99 Å². The first-order valence-electron chi connectivity index (χ1n) is 6.25. The van der Waals surface area contributed by atoms with Crippen molar-refractivity contribution in [1.82, 2.24) is 0 Å². The normalized spacial score (nSPS) is 15.6.